The van der Waals surface area contributed by atoms with Crippen LogP contribution in [0.25, 0.3) is 0 Å². The number of rotatable bonds is 5. The Morgan fingerprint density at radius 1 is 1.27 bits per heavy atom. The molecule has 0 aromatic rings. The van der Waals surface area contributed by atoms with E-state index in [0.717, 1.165) is 6.61 Å². The molecular weight excluding hydrogens is 196 g/mol. The highest BCUT2D eigenvalue weighted by molar-refractivity contribution is 8.33. The number of thioether (sulfide) groups is 3. The summed E-state index contributed by atoms with van der Waals surface area (Å²) < 4.78 is 5.56. The van der Waals surface area contributed by atoms with Crippen molar-refractivity contribution in [3.05, 3.63) is 0 Å². The maximum atomic E-state index is 5.23. The summed E-state index contributed by atoms with van der Waals surface area (Å²) in [6, 6.07) is 0. The Morgan fingerprint density at radius 3 is 2.00 bits per heavy atom. The smallest absolute Gasteiger partial charge is 0.108 e. The fourth-order valence-electron chi connectivity index (χ4n) is 0.965. The van der Waals surface area contributed by atoms with E-state index in [-0.39, 0.29) is 0 Å². The lowest BCUT2D eigenvalue weighted by atomic mass is 10.4. The third kappa shape index (κ3) is 2.76. The molecule has 1 aliphatic rings. The summed E-state index contributed by atoms with van der Waals surface area (Å²) >= 11 is 5.79. The van der Waals surface area contributed by atoms with Crippen LogP contribution in [-0.2, 0) is 4.74 Å². The minimum atomic E-state index is 0.334. The summed E-state index contributed by atoms with van der Waals surface area (Å²) in [6.45, 7) is 0.976. The van der Waals surface area contributed by atoms with E-state index in [1.165, 1.54) is 6.42 Å². The molecule has 1 nitrogen and oxygen atoms in total. The molecular formula is C7H14OS3. The van der Waals surface area contributed by atoms with Crippen molar-refractivity contribution < 1.29 is 4.74 Å². The zero-order valence-electron chi connectivity index (χ0n) is 7.12. The highest BCUT2D eigenvalue weighted by Crippen LogP contribution is 2.48. The molecule has 0 amide bonds. The maximum absolute atomic E-state index is 5.23. The predicted molar refractivity (Wildman–Crippen MR) is 57.6 cm³/mol. The molecule has 1 saturated heterocycles. The number of hydrogen-bond acceptors (Lipinski definition) is 4. The average molecular weight is 210 g/mol. The van der Waals surface area contributed by atoms with Gasteiger partial charge in [-0.15, -0.1) is 35.3 Å². The van der Waals surface area contributed by atoms with Crippen LogP contribution < -0.4 is 0 Å². The van der Waals surface area contributed by atoms with E-state index in [0.29, 0.717) is 9.52 Å². The maximum Gasteiger partial charge on any atom is 0.108 e. The molecule has 4 heteroatoms. The van der Waals surface area contributed by atoms with Crippen LogP contribution in [0.3, 0.4) is 0 Å². The second-order valence-corrected chi connectivity index (χ2v) is 6.55. The Bertz CT molecular complexity index is 113. The van der Waals surface area contributed by atoms with Gasteiger partial charge in [0.15, 0.2) is 0 Å². The molecule has 1 fully saturated rings. The lowest BCUT2D eigenvalue weighted by Crippen LogP contribution is -2.16. The molecule has 0 aliphatic carbocycles. The second-order valence-electron chi connectivity index (χ2n) is 2.45. The van der Waals surface area contributed by atoms with Crippen LogP contribution in [0.2, 0.25) is 0 Å². The van der Waals surface area contributed by atoms with Gasteiger partial charge in [-0.05, 0) is 18.8 Å². The summed E-state index contributed by atoms with van der Waals surface area (Å²) in [5, 5.41) is 0. The van der Waals surface area contributed by atoms with Crippen LogP contribution in [0.4, 0.5) is 0 Å². The van der Waals surface area contributed by atoms with Gasteiger partial charge in [0, 0.05) is 6.42 Å². The van der Waals surface area contributed by atoms with E-state index in [9.17, 15) is 0 Å². The molecule has 0 N–H and O–H groups in total. The molecule has 11 heavy (non-hydrogen) atoms. The lowest BCUT2D eigenvalue weighted by molar-refractivity contribution is 0.400. The molecule has 1 unspecified atom stereocenters. The summed E-state index contributed by atoms with van der Waals surface area (Å²) in [6.07, 6.45) is 8.25. The first-order valence-electron chi connectivity index (χ1n) is 3.53. The third-order valence-electron chi connectivity index (χ3n) is 1.81. The predicted octanol–water partition coefficient (Wildman–Crippen LogP) is 2.52. The van der Waals surface area contributed by atoms with Gasteiger partial charge in [-0.3, -0.25) is 0 Å². The van der Waals surface area contributed by atoms with E-state index >= 15 is 0 Å². The summed E-state index contributed by atoms with van der Waals surface area (Å²) in [5.41, 5.74) is 0. The van der Waals surface area contributed by atoms with Crippen LogP contribution in [0.1, 0.15) is 6.42 Å². The Labute approximate surface area is 81.4 Å². The molecule has 0 spiro atoms. The van der Waals surface area contributed by atoms with Crippen LogP contribution in [0.15, 0.2) is 0 Å². The van der Waals surface area contributed by atoms with Crippen molar-refractivity contribution in [1.82, 2.24) is 0 Å². The van der Waals surface area contributed by atoms with E-state index in [2.05, 4.69) is 18.8 Å². The van der Waals surface area contributed by atoms with Gasteiger partial charge < -0.3 is 4.74 Å². The molecule has 0 radical (unpaired) electrons. The van der Waals surface area contributed by atoms with Crippen molar-refractivity contribution in [3.8, 4) is 0 Å². The highest BCUT2D eigenvalue weighted by Gasteiger charge is 2.36. The largest absolute Gasteiger partial charge is 0.373 e. The van der Waals surface area contributed by atoms with Gasteiger partial charge >= 0.3 is 0 Å². The molecule has 1 atom stereocenters. The first-order valence-corrected chi connectivity index (χ1v) is 7.21. The SMILES string of the molecule is CSC(CC1CO1)(SC)SC. The second kappa shape index (κ2) is 4.30. The Balaban J connectivity index is 2.39. The molecule has 66 valence electrons. The Kier molecular flexibility index (Phi) is 3.95. The zero-order chi connectivity index (χ0) is 8.32. The van der Waals surface area contributed by atoms with E-state index < -0.39 is 0 Å². The zero-order valence-corrected chi connectivity index (χ0v) is 9.57. The fraction of sp³-hybridized carbons (Fsp3) is 1.00. The van der Waals surface area contributed by atoms with Crippen molar-refractivity contribution in [2.45, 2.75) is 15.9 Å². The number of hydrogen-bond donors (Lipinski definition) is 0. The van der Waals surface area contributed by atoms with Gasteiger partial charge in [0.25, 0.3) is 0 Å². The van der Waals surface area contributed by atoms with Crippen molar-refractivity contribution in [1.29, 1.82) is 0 Å². The Morgan fingerprint density at radius 2 is 1.73 bits per heavy atom. The first kappa shape index (κ1) is 10.1. The third-order valence-corrected chi connectivity index (χ3v) is 7.18. The molecule has 1 rings (SSSR count). The monoisotopic (exact) mass is 210 g/mol. The average Bonchev–Trinajstić information content (AvgIpc) is 2.84. The molecule has 1 aliphatic heterocycles. The van der Waals surface area contributed by atoms with E-state index in [1.54, 1.807) is 0 Å². The minimum Gasteiger partial charge on any atom is -0.373 e. The van der Waals surface area contributed by atoms with Gasteiger partial charge in [-0.1, -0.05) is 0 Å². The van der Waals surface area contributed by atoms with Crippen LogP contribution in [0.5, 0.6) is 0 Å². The lowest BCUT2D eigenvalue weighted by Gasteiger charge is -2.26. The Hall–Kier alpha value is 1.01. The van der Waals surface area contributed by atoms with Crippen molar-refractivity contribution in [3.63, 3.8) is 0 Å². The molecule has 0 saturated carbocycles. The molecule has 0 aromatic carbocycles. The topological polar surface area (TPSA) is 12.5 Å². The molecule has 1 heterocycles. The van der Waals surface area contributed by atoms with Gasteiger partial charge in [-0.25, -0.2) is 0 Å². The summed E-state index contributed by atoms with van der Waals surface area (Å²) in [5.74, 6) is 0. The first-order chi connectivity index (χ1) is 5.26. The van der Waals surface area contributed by atoms with Crippen molar-refractivity contribution >= 4 is 35.3 Å². The minimum absolute atomic E-state index is 0.334. The highest BCUT2D eigenvalue weighted by atomic mass is 32.3. The number of epoxide rings is 1. The van der Waals surface area contributed by atoms with Crippen LogP contribution >= 0.6 is 35.3 Å². The molecule has 0 bridgehead atoms. The van der Waals surface area contributed by atoms with E-state index in [1.807, 2.05) is 35.3 Å². The number of ether oxygens (including phenoxy) is 1. The van der Waals surface area contributed by atoms with Crippen LogP contribution in [0, 0.1) is 0 Å². The van der Waals surface area contributed by atoms with Gasteiger partial charge in [-0.2, -0.15) is 0 Å². The van der Waals surface area contributed by atoms with Gasteiger partial charge in [0.2, 0.25) is 0 Å². The van der Waals surface area contributed by atoms with Crippen LogP contribution in [-0.4, -0.2) is 34.9 Å². The summed E-state index contributed by atoms with van der Waals surface area (Å²) in [7, 11) is 0. The fourth-order valence-corrected chi connectivity index (χ4v) is 4.02. The van der Waals surface area contributed by atoms with Gasteiger partial charge in [0.05, 0.1) is 12.7 Å². The quantitative estimate of drug-likeness (QED) is 0.510. The standard InChI is InChI=1S/C7H14OS3/c1-9-7(10-2,11-3)4-6-5-8-6/h6H,4-5H2,1-3H3. The van der Waals surface area contributed by atoms with Crippen molar-refractivity contribution in [2.24, 2.45) is 0 Å². The van der Waals surface area contributed by atoms with Crippen molar-refractivity contribution in [2.75, 3.05) is 25.4 Å². The normalized spacial score (nSPS) is 23.7. The molecule has 0 aromatic heterocycles. The summed E-state index contributed by atoms with van der Waals surface area (Å²) in [4.78, 5) is 0. The van der Waals surface area contributed by atoms with E-state index in [4.69, 9.17) is 4.74 Å². The van der Waals surface area contributed by atoms with Gasteiger partial charge in [0.1, 0.15) is 3.41 Å².